The number of ether oxygens (including phenoxy) is 1. The number of hydrogen-bond donors (Lipinski definition) is 0. The largest absolute Gasteiger partial charge is 0.456 e. The minimum atomic E-state index is 0.907. The van der Waals surface area contributed by atoms with E-state index in [1.165, 1.54) is 76.9 Å². The van der Waals surface area contributed by atoms with Crippen molar-refractivity contribution < 1.29 is 4.74 Å². The molecule has 0 atom stereocenters. The van der Waals surface area contributed by atoms with Gasteiger partial charge in [-0.05, 0) is 75.0 Å². The van der Waals surface area contributed by atoms with Gasteiger partial charge >= 0.3 is 0 Å². The zero-order valence-corrected chi connectivity index (χ0v) is 24.9. The van der Waals surface area contributed by atoms with Crippen molar-refractivity contribution in [1.82, 2.24) is 4.57 Å². The van der Waals surface area contributed by atoms with Crippen molar-refractivity contribution in [3.63, 3.8) is 0 Å². The van der Waals surface area contributed by atoms with E-state index in [0.717, 1.165) is 17.1 Å². The summed E-state index contributed by atoms with van der Waals surface area (Å²) in [4.78, 5) is 0. The molecule has 10 rings (SSSR count). The highest BCUT2D eigenvalue weighted by molar-refractivity contribution is 6.23. The molecule has 0 radical (unpaired) electrons. The van der Waals surface area contributed by atoms with E-state index in [0.29, 0.717) is 0 Å². The van der Waals surface area contributed by atoms with Gasteiger partial charge in [0, 0.05) is 32.8 Å². The van der Waals surface area contributed by atoms with E-state index in [9.17, 15) is 0 Å². The predicted molar refractivity (Wildman–Crippen MR) is 192 cm³/mol. The summed E-state index contributed by atoms with van der Waals surface area (Å²) in [5.74, 6) is 1.82. The molecule has 0 spiro atoms. The fourth-order valence-electron chi connectivity index (χ4n) is 7.66. The quantitative estimate of drug-likeness (QED) is 0.201. The van der Waals surface area contributed by atoms with Crippen LogP contribution in [0.25, 0.3) is 82.4 Å². The zero-order chi connectivity index (χ0) is 30.2. The van der Waals surface area contributed by atoms with Gasteiger partial charge in [-0.1, -0.05) is 127 Å². The van der Waals surface area contributed by atoms with Crippen molar-refractivity contribution >= 4 is 43.4 Å². The third-order valence-electron chi connectivity index (χ3n) is 9.60. The van der Waals surface area contributed by atoms with Crippen LogP contribution in [0, 0.1) is 0 Å². The summed E-state index contributed by atoms with van der Waals surface area (Å²) in [5, 5.41) is 7.35. The summed E-state index contributed by atoms with van der Waals surface area (Å²) in [7, 11) is 0. The Morgan fingerprint density at radius 3 is 1.83 bits per heavy atom. The first-order valence-electron chi connectivity index (χ1n) is 15.8. The lowest BCUT2D eigenvalue weighted by Gasteiger charge is -2.23. The highest BCUT2D eigenvalue weighted by Crippen LogP contribution is 2.50. The summed E-state index contributed by atoms with van der Waals surface area (Å²) < 4.78 is 8.86. The summed E-state index contributed by atoms with van der Waals surface area (Å²) in [6.45, 7) is 0. The molecule has 0 saturated heterocycles. The van der Waals surface area contributed by atoms with Gasteiger partial charge in [-0.15, -0.1) is 0 Å². The Hall–Kier alpha value is -6.12. The first-order chi connectivity index (χ1) is 22.8. The molecule has 0 aliphatic carbocycles. The first kappa shape index (κ1) is 25.2. The van der Waals surface area contributed by atoms with Crippen molar-refractivity contribution in [2.75, 3.05) is 0 Å². The average molecular weight is 586 g/mol. The van der Waals surface area contributed by atoms with E-state index in [1.807, 2.05) is 6.07 Å². The number of nitrogens with zero attached hydrogens (tertiary/aromatic N) is 1. The van der Waals surface area contributed by atoms with E-state index in [-0.39, 0.29) is 0 Å². The first-order valence-corrected chi connectivity index (χ1v) is 15.8. The molecule has 2 heterocycles. The minimum Gasteiger partial charge on any atom is -0.456 e. The third-order valence-corrected chi connectivity index (χ3v) is 9.60. The second kappa shape index (κ2) is 9.69. The van der Waals surface area contributed by atoms with E-state index in [2.05, 4.69) is 162 Å². The maximum Gasteiger partial charge on any atom is 0.135 e. The van der Waals surface area contributed by atoms with Gasteiger partial charge in [0.15, 0.2) is 0 Å². The van der Waals surface area contributed by atoms with Gasteiger partial charge in [-0.3, -0.25) is 0 Å². The maximum atomic E-state index is 6.44. The Labute approximate surface area is 266 Å². The minimum absolute atomic E-state index is 0.907. The third kappa shape index (κ3) is 3.53. The highest BCUT2D eigenvalue weighted by Gasteiger charge is 2.23. The van der Waals surface area contributed by atoms with Crippen LogP contribution >= 0.6 is 0 Å². The normalized spacial score (nSPS) is 12.1. The number of rotatable bonds is 3. The van der Waals surface area contributed by atoms with Gasteiger partial charge in [0.25, 0.3) is 0 Å². The van der Waals surface area contributed by atoms with E-state index in [4.69, 9.17) is 4.74 Å². The molecule has 214 valence electrons. The number of aromatic nitrogens is 1. The average Bonchev–Trinajstić information content (AvgIpc) is 3.46. The Balaban J connectivity index is 1.28. The van der Waals surface area contributed by atoms with Crippen molar-refractivity contribution in [3.8, 4) is 50.6 Å². The van der Waals surface area contributed by atoms with E-state index < -0.39 is 0 Å². The van der Waals surface area contributed by atoms with Gasteiger partial charge in [-0.2, -0.15) is 0 Å². The van der Waals surface area contributed by atoms with Crippen molar-refractivity contribution in [2.24, 2.45) is 0 Å². The van der Waals surface area contributed by atoms with E-state index >= 15 is 0 Å². The Morgan fingerprint density at radius 2 is 0.978 bits per heavy atom. The molecule has 46 heavy (non-hydrogen) atoms. The smallest absolute Gasteiger partial charge is 0.135 e. The van der Waals surface area contributed by atoms with Crippen LogP contribution < -0.4 is 4.74 Å². The van der Waals surface area contributed by atoms with Crippen LogP contribution in [0.2, 0.25) is 0 Å². The van der Waals surface area contributed by atoms with Crippen molar-refractivity contribution in [2.45, 2.75) is 0 Å². The van der Waals surface area contributed by atoms with Gasteiger partial charge < -0.3 is 9.30 Å². The van der Waals surface area contributed by atoms with Crippen molar-refractivity contribution in [1.29, 1.82) is 0 Å². The van der Waals surface area contributed by atoms with Crippen LogP contribution in [-0.4, -0.2) is 4.57 Å². The lowest BCUT2D eigenvalue weighted by molar-refractivity contribution is 0.487. The van der Waals surface area contributed by atoms with Crippen LogP contribution in [0.5, 0.6) is 11.5 Å². The molecular formula is C44H27NO. The Morgan fingerprint density at radius 1 is 0.348 bits per heavy atom. The molecule has 9 aromatic rings. The number of para-hydroxylation sites is 3. The summed E-state index contributed by atoms with van der Waals surface area (Å²) in [6, 6.07) is 59.0. The SMILES string of the molecule is c1ccc(-n2c3ccccc3c3cc(-c4ccccc4-c4ccc5c6c(cccc46)-c4ccccc4O5)c4ccccc4c32)cc1. The summed E-state index contributed by atoms with van der Waals surface area (Å²) in [6.07, 6.45) is 0. The van der Waals surface area contributed by atoms with Gasteiger partial charge in [0.2, 0.25) is 0 Å². The zero-order valence-electron chi connectivity index (χ0n) is 24.9. The van der Waals surface area contributed by atoms with Crippen LogP contribution in [-0.2, 0) is 0 Å². The molecule has 8 aromatic carbocycles. The lowest BCUT2D eigenvalue weighted by atomic mass is 9.86. The fourth-order valence-corrected chi connectivity index (χ4v) is 7.66. The fraction of sp³-hybridized carbons (Fsp3) is 0. The summed E-state index contributed by atoms with van der Waals surface area (Å²) in [5.41, 5.74) is 10.8. The molecule has 1 aliphatic rings. The van der Waals surface area contributed by atoms with Crippen LogP contribution in [0.15, 0.2) is 164 Å². The molecule has 2 nitrogen and oxygen atoms in total. The van der Waals surface area contributed by atoms with Crippen LogP contribution in [0.1, 0.15) is 0 Å². The molecule has 2 heteroatoms. The summed E-state index contributed by atoms with van der Waals surface area (Å²) >= 11 is 0. The van der Waals surface area contributed by atoms with Crippen LogP contribution in [0.4, 0.5) is 0 Å². The maximum absolute atomic E-state index is 6.44. The number of hydrogen-bond acceptors (Lipinski definition) is 1. The molecule has 0 unspecified atom stereocenters. The van der Waals surface area contributed by atoms with Gasteiger partial charge in [0.1, 0.15) is 11.5 Å². The number of fused-ring (bicyclic) bond motifs is 7. The lowest BCUT2D eigenvalue weighted by Crippen LogP contribution is -1.98. The molecule has 0 fully saturated rings. The van der Waals surface area contributed by atoms with Gasteiger partial charge in [-0.25, -0.2) is 0 Å². The Bertz CT molecular complexity index is 2660. The topological polar surface area (TPSA) is 14.2 Å². The monoisotopic (exact) mass is 585 g/mol. The Kier molecular flexibility index (Phi) is 5.31. The van der Waals surface area contributed by atoms with Gasteiger partial charge in [0.05, 0.1) is 11.0 Å². The van der Waals surface area contributed by atoms with Crippen LogP contribution in [0.3, 0.4) is 0 Å². The molecule has 1 aromatic heterocycles. The highest BCUT2D eigenvalue weighted by atomic mass is 16.5. The second-order valence-corrected chi connectivity index (χ2v) is 12.0. The molecule has 0 bridgehead atoms. The number of benzene rings is 8. The second-order valence-electron chi connectivity index (χ2n) is 12.0. The molecule has 1 aliphatic heterocycles. The molecular weight excluding hydrogens is 558 g/mol. The standard InChI is InChI=1S/C44H27NO/c1-2-13-28(14-3-1)45-40-23-10-8-18-33(40)39-27-38(31-17-6-7-20-37(31)44(39)45)30-16-5-4-15-29(30)32-25-26-42-43-35(32)21-12-22-36(43)34-19-9-11-24-41(34)46-42/h1-27H. The van der Waals surface area contributed by atoms with Crippen molar-refractivity contribution in [3.05, 3.63) is 164 Å². The molecule has 0 saturated carbocycles. The molecule has 0 amide bonds. The predicted octanol–water partition coefficient (Wildman–Crippen LogP) is 12.2. The van der Waals surface area contributed by atoms with E-state index in [1.54, 1.807) is 0 Å². The molecule has 0 N–H and O–H groups in total.